The molecule has 1 aromatic heterocycles. The molecule has 172 valence electrons. The molecule has 32 heavy (non-hydrogen) atoms. The number of amides is 3. The van der Waals surface area contributed by atoms with Crippen LogP contribution in [0.25, 0.3) is 0 Å². The van der Waals surface area contributed by atoms with Crippen LogP contribution in [-0.4, -0.2) is 42.8 Å². The summed E-state index contributed by atoms with van der Waals surface area (Å²) < 4.78 is 39.2. The first kappa shape index (κ1) is 23.7. The highest BCUT2D eigenvalue weighted by atomic mass is 32.1. The number of aryl methyl sites for hydroxylation is 1. The van der Waals surface area contributed by atoms with Crippen LogP contribution in [-0.2, 0) is 28.6 Å². The van der Waals surface area contributed by atoms with Gasteiger partial charge in [-0.15, -0.1) is 11.3 Å². The first-order valence-corrected chi connectivity index (χ1v) is 10.8. The van der Waals surface area contributed by atoms with Crippen LogP contribution in [0.3, 0.4) is 0 Å². The molecule has 1 aromatic carbocycles. The van der Waals surface area contributed by atoms with E-state index in [4.69, 9.17) is 5.73 Å². The maximum Gasteiger partial charge on any atom is 0.418 e. The summed E-state index contributed by atoms with van der Waals surface area (Å²) in [5, 5.41) is 5.32. The second-order valence-electron chi connectivity index (χ2n) is 7.59. The van der Waals surface area contributed by atoms with E-state index in [1.54, 1.807) is 0 Å². The lowest BCUT2D eigenvalue weighted by molar-refractivity contribution is -0.137. The molecule has 3 amide bonds. The van der Waals surface area contributed by atoms with Crippen molar-refractivity contribution < 1.29 is 27.6 Å². The Morgan fingerprint density at radius 2 is 1.69 bits per heavy atom. The predicted molar refractivity (Wildman–Crippen MR) is 116 cm³/mol. The third-order valence-corrected chi connectivity index (χ3v) is 6.21. The number of hydrogen-bond donors (Lipinski definition) is 3. The summed E-state index contributed by atoms with van der Waals surface area (Å²) in [6.45, 7) is -0.502. The van der Waals surface area contributed by atoms with Crippen LogP contribution in [0.1, 0.15) is 39.2 Å². The maximum absolute atomic E-state index is 13.1. The lowest BCUT2D eigenvalue weighted by Crippen LogP contribution is -2.36. The Labute approximate surface area is 186 Å². The number of fused-ring (bicyclic) bond motifs is 1. The third kappa shape index (κ3) is 5.65. The normalized spacial score (nSPS) is 13.5. The summed E-state index contributed by atoms with van der Waals surface area (Å²) in [5.74, 6) is -1.76. The van der Waals surface area contributed by atoms with Gasteiger partial charge in [0.25, 0.3) is 5.91 Å². The number of primary amides is 1. The fourth-order valence-corrected chi connectivity index (χ4v) is 4.97. The fraction of sp³-hybridized carbons (Fsp3) is 0.381. The molecule has 0 unspecified atom stereocenters. The first-order chi connectivity index (χ1) is 15.1. The van der Waals surface area contributed by atoms with Crippen molar-refractivity contribution >= 4 is 39.7 Å². The number of nitrogens with zero attached hydrogens (tertiary/aromatic N) is 1. The van der Waals surface area contributed by atoms with E-state index in [-0.39, 0.29) is 18.8 Å². The number of thiophene rings is 1. The standard InChI is InChI=1S/C21H23F3N4O3S/c1-28(10-16(29)26-14-8-4-3-7-13(14)21(22,23)24)11-17(30)27-20-18(19(25)31)12-6-2-5-9-15(12)32-20/h3-4,7-8H,2,5-6,9-11H2,1H3,(H2,25,31)(H,26,29)(H,27,30). The van der Waals surface area contributed by atoms with Gasteiger partial charge in [-0.3, -0.25) is 19.3 Å². The molecule has 0 aliphatic heterocycles. The zero-order valence-electron chi connectivity index (χ0n) is 17.3. The Bertz CT molecular complexity index is 1040. The van der Waals surface area contributed by atoms with Crippen molar-refractivity contribution in [1.29, 1.82) is 0 Å². The minimum atomic E-state index is -4.60. The Hall–Kier alpha value is -2.92. The number of halogens is 3. The highest BCUT2D eigenvalue weighted by Crippen LogP contribution is 2.38. The monoisotopic (exact) mass is 468 g/mol. The molecular formula is C21H23F3N4O3S. The molecule has 1 aliphatic carbocycles. The molecule has 2 aromatic rings. The average molecular weight is 469 g/mol. The maximum atomic E-state index is 13.1. The van der Waals surface area contributed by atoms with Crippen LogP contribution < -0.4 is 16.4 Å². The van der Waals surface area contributed by atoms with Crippen LogP contribution in [0.2, 0.25) is 0 Å². The summed E-state index contributed by atoms with van der Waals surface area (Å²) in [5.41, 5.74) is 5.44. The predicted octanol–water partition coefficient (Wildman–Crippen LogP) is 3.25. The van der Waals surface area contributed by atoms with Gasteiger partial charge < -0.3 is 16.4 Å². The molecule has 1 aliphatic rings. The van der Waals surface area contributed by atoms with E-state index in [9.17, 15) is 27.6 Å². The second kappa shape index (κ2) is 9.70. The number of para-hydroxylation sites is 1. The molecule has 0 radical (unpaired) electrons. The molecule has 4 N–H and O–H groups in total. The topological polar surface area (TPSA) is 105 Å². The largest absolute Gasteiger partial charge is 0.418 e. The van der Waals surface area contributed by atoms with Gasteiger partial charge in [0.15, 0.2) is 0 Å². The van der Waals surface area contributed by atoms with Crippen molar-refractivity contribution in [2.75, 3.05) is 30.8 Å². The van der Waals surface area contributed by atoms with Crippen LogP contribution in [0.15, 0.2) is 24.3 Å². The SMILES string of the molecule is CN(CC(=O)Nc1ccccc1C(F)(F)F)CC(=O)Nc1sc2c(c1C(N)=O)CCCC2. The van der Waals surface area contributed by atoms with Gasteiger partial charge in [-0.25, -0.2) is 0 Å². The lowest BCUT2D eigenvalue weighted by atomic mass is 9.95. The van der Waals surface area contributed by atoms with E-state index in [1.807, 2.05) is 0 Å². The summed E-state index contributed by atoms with van der Waals surface area (Å²) in [7, 11) is 1.49. The first-order valence-electron chi connectivity index (χ1n) is 9.95. The number of nitrogens with one attached hydrogen (secondary N) is 2. The van der Waals surface area contributed by atoms with E-state index in [2.05, 4.69) is 10.6 Å². The summed E-state index contributed by atoms with van der Waals surface area (Å²) in [4.78, 5) is 39.0. The van der Waals surface area contributed by atoms with Crippen molar-refractivity contribution in [1.82, 2.24) is 4.90 Å². The molecule has 0 fully saturated rings. The zero-order valence-corrected chi connectivity index (χ0v) is 18.2. The van der Waals surface area contributed by atoms with Gasteiger partial charge in [-0.1, -0.05) is 12.1 Å². The van der Waals surface area contributed by atoms with E-state index in [0.29, 0.717) is 10.6 Å². The molecule has 7 nitrogen and oxygen atoms in total. The average Bonchev–Trinajstić information content (AvgIpc) is 3.04. The molecule has 11 heteroatoms. The minimum absolute atomic E-state index is 0.199. The number of benzene rings is 1. The van der Waals surface area contributed by atoms with Crippen LogP contribution >= 0.6 is 11.3 Å². The molecule has 0 atom stereocenters. The fourth-order valence-electron chi connectivity index (χ4n) is 3.66. The molecule has 0 saturated heterocycles. The lowest BCUT2D eigenvalue weighted by Gasteiger charge is -2.17. The molecular weight excluding hydrogens is 445 g/mol. The van der Waals surface area contributed by atoms with Crippen molar-refractivity contribution in [3.05, 3.63) is 45.8 Å². The van der Waals surface area contributed by atoms with Crippen LogP contribution in [0.4, 0.5) is 23.9 Å². The quantitative estimate of drug-likeness (QED) is 0.580. The number of carbonyl (C=O) groups is 3. The smallest absolute Gasteiger partial charge is 0.365 e. The summed E-state index contributed by atoms with van der Waals surface area (Å²) >= 11 is 1.33. The molecule has 0 spiro atoms. The minimum Gasteiger partial charge on any atom is -0.365 e. The molecule has 3 rings (SSSR count). The molecule has 0 saturated carbocycles. The summed E-state index contributed by atoms with van der Waals surface area (Å²) in [6, 6.07) is 4.66. The van der Waals surface area contributed by atoms with Gasteiger partial charge in [-0.2, -0.15) is 13.2 Å². The van der Waals surface area contributed by atoms with Crippen molar-refractivity contribution in [2.45, 2.75) is 31.9 Å². The summed E-state index contributed by atoms with van der Waals surface area (Å²) in [6.07, 6.45) is -1.08. The van der Waals surface area contributed by atoms with Crippen molar-refractivity contribution in [2.24, 2.45) is 5.73 Å². The Morgan fingerprint density at radius 3 is 2.34 bits per heavy atom. The number of rotatable bonds is 7. The van der Waals surface area contributed by atoms with Crippen LogP contribution in [0.5, 0.6) is 0 Å². The highest BCUT2D eigenvalue weighted by Gasteiger charge is 2.33. The number of hydrogen-bond acceptors (Lipinski definition) is 5. The third-order valence-electron chi connectivity index (χ3n) is 5.00. The number of alkyl halides is 3. The number of nitrogens with two attached hydrogens (primary N) is 1. The Balaban J connectivity index is 1.60. The van der Waals surface area contributed by atoms with Crippen molar-refractivity contribution in [3.63, 3.8) is 0 Å². The van der Waals surface area contributed by atoms with Gasteiger partial charge >= 0.3 is 6.18 Å². The van der Waals surface area contributed by atoms with Gasteiger partial charge in [-0.05, 0) is 50.4 Å². The number of anilines is 2. The van der Waals surface area contributed by atoms with Gasteiger partial charge in [0, 0.05) is 4.88 Å². The second-order valence-corrected chi connectivity index (χ2v) is 8.70. The van der Waals surface area contributed by atoms with Crippen molar-refractivity contribution in [3.8, 4) is 0 Å². The number of likely N-dealkylation sites (N-methyl/N-ethyl adjacent to an activating group) is 1. The van der Waals surface area contributed by atoms with Gasteiger partial charge in [0.2, 0.25) is 11.8 Å². The van der Waals surface area contributed by atoms with Crippen LogP contribution in [0, 0.1) is 0 Å². The van der Waals surface area contributed by atoms with E-state index >= 15 is 0 Å². The van der Waals surface area contributed by atoms with Gasteiger partial charge in [0.1, 0.15) is 5.00 Å². The van der Waals surface area contributed by atoms with E-state index in [1.165, 1.54) is 35.4 Å². The number of carbonyl (C=O) groups excluding carboxylic acids is 3. The van der Waals surface area contributed by atoms with Gasteiger partial charge in [0.05, 0.1) is 29.9 Å². The highest BCUT2D eigenvalue weighted by molar-refractivity contribution is 7.17. The Kier molecular flexibility index (Phi) is 7.19. The molecule has 0 bridgehead atoms. The Morgan fingerprint density at radius 1 is 1.06 bits per heavy atom. The molecule has 1 heterocycles. The van der Waals surface area contributed by atoms with E-state index in [0.717, 1.165) is 48.3 Å². The van der Waals surface area contributed by atoms with E-state index < -0.39 is 29.5 Å². The zero-order chi connectivity index (χ0) is 23.5.